The summed E-state index contributed by atoms with van der Waals surface area (Å²) in [5.74, 6) is 0. The van der Waals surface area contributed by atoms with Crippen LogP contribution in [-0.2, 0) is 5.11 Å². The van der Waals surface area contributed by atoms with Gasteiger partial charge < -0.3 is 5.73 Å². The van der Waals surface area contributed by atoms with Gasteiger partial charge in [-0.1, -0.05) is 25.5 Å². The van der Waals surface area contributed by atoms with Crippen molar-refractivity contribution in [2.24, 2.45) is 0 Å². The molecule has 1 rings (SSSR count). The second kappa shape index (κ2) is 4.47. The number of rotatable bonds is 3. The van der Waals surface area contributed by atoms with Gasteiger partial charge in [-0.3, -0.25) is 0 Å². The summed E-state index contributed by atoms with van der Waals surface area (Å²) in [6, 6.07) is 3.82. The first-order valence-electron chi connectivity index (χ1n) is 5.08. The van der Waals surface area contributed by atoms with Crippen LogP contribution in [0.5, 0.6) is 0 Å². The number of nitrogens with two attached hydrogens (primary N) is 1. The topological polar surface area (TPSA) is 45.9 Å². The third-order valence-electron chi connectivity index (χ3n) is 2.54. The number of hydrogen-bond donors (Lipinski definition) is 1. The van der Waals surface area contributed by atoms with Crippen molar-refractivity contribution in [3.63, 3.8) is 0 Å². The van der Waals surface area contributed by atoms with Crippen molar-refractivity contribution in [3.05, 3.63) is 28.8 Å². The molecule has 0 aliphatic heterocycles. The van der Waals surface area contributed by atoms with E-state index < -0.39 is 6.10 Å². The zero-order chi connectivity index (χ0) is 10.7. The number of nitrogen functional groups attached to an aromatic ring is 1. The fraction of sp³-hybridized carbons (Fsp3) is 0.500. The van der Waals surface area contributed by atoms with Gasteiger partial charge in [0.2, 0.25) is 0 Å². The molecular formula is C12H18NO. The van der Waals surface area contributed by atoms with Crippen molar-refractivity contribution in [2.45, 2.75) is 39.7 Å². The van der Waals surface area contributed by atoms with Gasteiger partial charge in [0.15, 0.2) is 0 Å². The molecule has 1 atom stereocenters. The largest absolute Gasteiger partial charge is 0.398 e. The molecule has 1 unspecified atom stereocenters. The van der Waals surface area contributed by atoms with Gasteiger partial charge in [-0.15, -0.1) is 0 Å². The highest BCUT2D eigenvalue weighted by Gasteiger charge is 2.10. The Morgan fingerprint density at radius 2 is 1.79 bits per heavy atom. The molecule has 0 aliphatic rings. The fourth-order valence-corrected chi connectivity index (χ4v) is 1.62. The monoisotopic (exact) mass is 192 g/mol. The van der Waals surface area contributed by atoms with Crippen LogP contribution in [-0.4, -0.2) is 0 Å². The minimum atomic E-state index is -0.599. The third kappa shape index (κ3) is 2.26. The molecule has 2 N–H and O–H groups in total. The van der Waals surface area contributed by atoms with Gasteiger partial charge in [0.05, 0.1) is 0 Å². The Labute approximate surface area is 85.8 Å². The van der Waals surface area contributed by atoms with Gasteiger partial charge in [0, 0.05) is 5.69 Å². The van der Waals surface area contributed by atoms with Crippen molar-refractivity contribution in [2.75, 3.05) is 5.73 Å². The maximum Gasteiger partial charge on any atom is 0.118 e. The number of benzene rings is 1. The maximum absolute atomic E-state index is 11.7. The van der Waals surface area contributed by atoms with Gasteiger partial charge in [0.1, 0.15) is 6.10 Å². The minimum absolute atomic E-state index is 0.599. The molecule has 77 valence electrons. The highest BCUT2D eigenvalue weighted by molar-refractivity contribution is 5.54. The molecule has 0 spiro atoms. The van der Waals surface area contributed by atoms with Gasteiger partial charge in [-0.2, -0.15) is 0 Å². The van der Waals surface area contributed by atoms with Crippen LogP contribution in [0.3, 0.4) is 0 Å². The van der Waals surface area contributed by atoms with E-state index in [2.05, 4.69) is 0 Å². The summed E-state index contributed by atoms with van der Waals surface area (Å²) in [7, 11) is 0. The summed E-state index contributed by atoms with van der Waals surface area (Å²) in [6.45, 7) is 5.93. The molecule has 2 nitrogen and oxygen atoms in total. The quantitative estimate of drug-likeness (QED) is 0.734. The number of hydrogen-bond acceptors (Lipinski definition) is 1. The highest BCUT2D eigenvalue weighted by Crippen LogP contribution is 2.25. The molecular weight excluding hydrogens is 174 g/mol. The van der Waals surface area contributed by atoms with Crippen molar-refractivity contribution < 1.29 is 5.11 Å². The van der Waals surface area contributed by atoms with E-state index in [1.807, 2.05) is 32.9 Å². The van der Waals surface area contributed by atoms with E-state index in [9.17, 15) is 5.11 Å². The SMILES string of the molecule is CCCC([O])c1cc(C)c(N)c(C)c1. The molecule has 0 aromatic heterocycles. The van der Waals surface area contributed by atoms with Crippen molar-refractivity contribution in [1.82, 2.24) is 0 Å². The maximum atomic E-state index is 11.7. The third-order valence-corrected chi connectivity index (χ3v) is 2.54. The van der Waals surface area contributed by atoms with E-state index in [1.165, 1.54) is 0 Å². The number of aryl methyl sites for hydroxylation is 2. The van der Waals surface area contributed by atoms with E-state index in [1.54, 1.807) is 0 Å². The second-order valence-corrected chi connectivity index (χ2v) is 3.85. The summed E-state index contributed by atoms with van der Waals surface area (Å²) in [5.41, 5.74) is 9.52. The lowest BCUT2D eigenvalue weighted by molar-refractivity contribution is 0.0804. The summed E-state index contributed by atoms with van der Waals surface area (Å²) in [6.07, 6.45) is 1.03. The first-order chi connectivity index (χ1) is 6.56. The average Bonchev–Trinajstić information content (AvgIpc) is 2.13. The Kier molecular flexibility index (Phi) is 3.53. The zero-order valence-corrected chi connectivity index (χ0v) is 9.13. The van der Waals surface area contributed by atoms with Crippen LogP contribution in [0, 0.1) is 13.8 Å². The summed E-state index contributed by atoms with van der Waals surface area (Å²) in [4.78, 5) is 0. The minimum Gasteiger partial charge on any atom is -0.398 e. The normalized spacial score (nSPS) is 12.9. The highest BCUT2D eigenvalue weighted by atomic mass is 16.3. The Bertz CT molecular complexity index is 297. The predicted molar refractivity (Wildman–Crippen MR) is 58.7 cm³/mol. The average molecular weight is 192 g/mol. The molecule has 0 bridgehead atoms. The van der Waals surface area contributed by atoms with Crippen LogP contribution in [0.2, 0.25) is 0 Å². The first kappa shape index (κ1) is 11.1. The van der Waals surface area contributed by atoms with Crippen LogP contribution in [0.25, 0.3) is 0 Å². The molecule has 0 saturated heterocycles. The van der Waals surface area contributed by atoms with E-state index in [0.29, 0.717) is 6.42 Å². The van der Waals surface area contributed by atoms with E-state index in [4.69, 9.17) is 5.73 Å². The van der Waals surface area contributed by atoms with E-state index in [-0.39, 0.29) is 0 Å². The van der Waals surface area contributed by atoms with Gasteiger partial charge in [0.25, 0.3) is 0 Å². The summed E-state index contributed by atoms with van der Waals surface area (Å²) >= 11 is 0. The summed E-state index contributed by atoms with van der Waals surface area (Å²) in [5, 5.41) is 11.7. The van der Waals surface area contributed by atoms with Crippen molar-refractivity contribution in [3.8, 4) is 0 Å². The van der Waals surface area contributed by atoms with Crippen LogP contribution in [0.1, 0.15) is 42.6 Å². The van der Waals surface area contributed by atoms with Crippen LogP contribution < -0.4 is 5.73 Å². The van der Waals surface area contributed by atoms with Crippen LogP contribution in [0.4, 0.5) is 5.69 Å². The Morgan fingerprint density at radius 3 is 2.21 bits per heavy atom. The lowest BCUT2D eigenvalue weighted by Crippen LogP contribution is -2.00. The van der Waals surface area contributed by atoms with Gasteiger partial charge >= 0.3 is 0 Å². The standard InChI is InChI=1S/C12H18NO/c1-4-5-11(14)10-6-8(2)12(13)9(3)7-10/h6-7,11H,4-5,13H2,1-3H3. The van der Waals surface area contributed by atoms with Crippen LogP contribution >= 0.6 is 0 Å². The second-order valence-electron chi connectivity index (χ2n) is 3.85. The summed E-state index contributed by atoms with van der Waals surface area (Å²) < 4.78 is 0. The molecule has 1 aromatic rings. The predicted octanol–water partition coefficient (Wildman–Crippen LogP) is 3.16. The van der Waals surface area contributed by atoms with Crippen LogP contribution in [0.15, 0.2) is 12.1 Å². The molecule has 1 aromatic carbocycles. The zero-order valence-electron chi connectivity index (χ0n) is 9.13. The first-order valence-corrected chi connectivity index (χ1v) is 5.08. The van der Waals surface area contributed by atoms with Gasteiger partial charge in [-0.25, -0.2) is 5.11 Å². The molecule has 0 amide bonds. The Balaban J connectivity index is 3.00. The lowest BCUT2D eigenvalue weighted by atomic mass is 9.99. The molecule has 1 radical (unpaired) electrons. The molecule has 0 saturated carbocycles. The molecule has 0 fully saturated rings. The number of anilines is 1. The molecule has 0 aliphatic carbocycles. The van der Waals surface area contributed by atoms with E-state index in [0.717, 1.165) is 28.8 Å². The van der Waals surface area contributed by atoms with Crippen molar-refractivity contribution in [1.29, 1.82) is 0 Å². The molecule has 0 heterocycles. The smallest absolute Gasteiger partial charge is 0.118 e. The van der Waals surface area contributed by atoms with Crippen molar-refractivity contribution >= 4 is 5.69 Å². The lowest BCUT2D eigenvalue weighted by Gasteiger charge is -2.12. The molecule has 2 heteroatoms. The Hall–Kier alpha value is -1.02. The Morgan fingerprint density at radius 1 is 1.29 bits per heavy atom. The van der Waals surface area contributed by atoms with Gasteiger partial charge in [-0.05, 0) is 37.0 Å². The fourth-order valence-electron chi connectivity index (χ4n) is 1.62. The van der Waals surface area contributed by atoms with E-state index >= 15 is 0 Å². The molecule has 14 heavy (non-hydrogen) atoms.